The molecule has 0 bridgehead atoms. The highest BCUT2D eigenvalue weighted by Crippen LogP contribution is 2.35. The largest absolute Gasteiger partial charge is 0.416 e. The molecule has 1 saturated heterocycles. The summed E-state index contributed by atoms with van der Waals surface area (Å²) in [4.78, 5) is -0.528. The first kappa shape index (κ1) is 16.5. The van der Waals surface area contributed by atoms with Gasteiger partial charge < -0.3 is 5.73 Å². The van der Waals surface area contributed by atoms with E-state index in [0.29, 0.717) is 18.9 Å². The van der Waals surface area contributed by atoms with Crippen molar-refractivity contribution in [3.63, 3.8) is 0 Å². The standard InChI is InChI=1S/C12H14ClF3N2O2S/c13-10-4-3-8(12(14,15)16)6-11(10)21(19,20)18-5-1-2-9(18)7-17/h3-4,6,9H,1-2,5,7,17H2. The van der Waals surface area contributed by atoms with Crippen LogP contribution in [0, 0.1) is 0 Å². The van der Waals surface area contributed by atoms with Gasteiger partial charge in [0.2, 0.25) is 10.0 Å². The van der Waals surface area contributed by atoms with Crippen molar-refractivity contribution in [2.24, 2.45) is 5.73 Å². The van der Waals surface area contributed by atoms with Crippen molar-refractivity contribution in [1.29, 1.82) is 0 Å². The molecule has 0 amide bonds. The first-order valence-corrected chi connectivity index (χ1v) is 8.08. The fourth-order valence-electron chi connectivity index (χ4n) is 2.36. The van der Waals surface area contributed by atoms with Gasteiger partial charge in [-0.25, -0.2) is 8.42 Å². The van der Waals surface area contributed by atoms with E-state index in [4.69, 9.17) is 17.3 Å². The maximum absolute atomic E-state index is 12.7. The molecular weight excluding hydrogens is 329 g/mol. The summed E-state index contributed by atoms with van der Waals surface area (Å²) >= 11 is 5.80. The van der Waals surface area contributed by atoms with Gasteiger partial charge in [0.25, 0.3) is 0 Å². The Labute approximate surface area is 125 Å². The average molecular weight is 343 g/mol. The van der Waals surface area contributed by atoms with Gasteiger partial charge in [-0.1, -0.05) is 11.6 Å². The molecule has 0 aliphatic carbocycles. The Kier molecular flexibility index (Phi) is 4.53. The predicted octanol–water partition coefficient (Wildman–Crippen LogP) is 2.47. The van der Waals surface area contributed by atoms with Crippen molar-refractivity contribution in [3.05, 3.63) is 28.8 Å². The van der Waals surface area contributed by atoms with E-state index in [2.05, 4.69) is 0 Å². The summed E-state index contributed by atoms with van der Waals surface area (Å²) in [6.07, 6.45) is -3.42. The van der Waals surface area contributed by atoms with Crippen molar-refractivity contribution in [2.45, 2.75) is 30.0 Å². The lowest BCUT2D eigenvalue weighted by molar-refractivity contribution is -0.137. The predicted molar refractivity (Wildman–Crippen MR) is 72.4 cm³/mol. The lowest BCUT2D eigenvalue weighted by Gasteiger charge is -2.23. The minimum absolute atomic E-state index is 0.121. The van der Waals surface area contributed by atoms with Gasteiger partial charge >= 0.3 is 6.18 Å². The maximum Gasteiger partial charge on any atom is 0.416 e. The molecule has 1 aromatic carbocycles. The Bertz CT molecular complexity index is 634. The summed E-state index contributed by atoms with van der Waals surface area (Å²) < 4.78 is 64.4. The Hall–Kier alpha value is -0.830. The number of benzene rings is 1. The number of rotatable bonds is 3. The first-order valence-electron chi connectivity index (χ1n) is 6.26. The summed E-state index contributed by atoms with van der Waals surface area (Å²) in [5.41, 5.74) is 4.47. The Morgan fingerprint density at radius 2 is 2.05 bits per heavy atom. The van der Waals surface area contributed by atoms with Crippen LogP contribution in [0.15, 0.2) is 23.1 Å². The van der Waals surface area contributed by atoms with E-state index < -0.39 is 32.7 Å². The molecule has 1 aromatic rings. The van der Waals surface area contributed by atoms with E-state index in [1.807, 2.05) is 0 Å². The second kappa shape index (κ2) is 5.75. The number of alkyl halides is 3. The third kappa shape index (κ3) is 3.18. The van der Waals surface area contributed by atoms with Crippen LogP contribution in [0.4, 0.5) is 13.2 Å². The van der Waals surface area contributed by atoms with Crippen LogP contribution in [0.2, 0.25) is 5.02 Å². The van der Waals surface area contributed by atoms with Crippen LogP contribution >= 0.6 is 11.6 Å². The topological polar surface area (TPSA) is 63.4 Å². The summed E-state index contributed by atoms with van der Waals surface area (Å²) in [5, 5.41) is -0.231. The van der Waals surface area contributed by atoms with Crippen molar-refractivity contribution >= 4 is 21.6 Å². The van der Waals surface area contributed by atoms with E-state index in [-0.39, 0.29) is 18.1 Å². The number of sulfonamides is 1. The normalized spacial score (nSPS) is 20.9. The van der Waals surface area contributed by atoms with Gasteiger partial charge in [0, 0.05) is 19.1 Å². The molecule has 1 atom stereocenters. The van der Waals surface area contributed by atoms with E-state index in [1.165, 1.54) is 0 Å². The van der Waals surface area contributed by atoms with E-state index in [9.17, 15) is 21.6 Å². The summed E-state index contributed by atoms with van der Waals surface area (Å²) in [7, 11) is -4.09. The fraction of sp³-hybridized carbons (Fsp3) is 0.500. The quantitative estimate of drug-likeness (QED) is 0.917. The van der Waals surface area contributed by atoms with Crippen molar-refractivity contribution < 1.29 is 21.6 Å². The smallest absolute Gasteiger partial charge is 0.329 e. The van der Waals surface area contributed by atoms with Crippen LogP contribution in [0.5, 0.6) is 0 Å². The summed E-state index contributed by atoms with van der Waals surface area (Å²) in [5.74, 6) is 0. The lowest BCUT2D eigenvalue weighted by Crippen LogP contribution is -2.40. The number of hydrogen-bond donors (Lipinski definition) is 1. The van der Waals surface area contributed by atoms with Crippen LogP contribution in [0.25, 0.3) is 0 Å². The molecule has 0 saturated carbocycles. The zero-order valence-corrected chi connectivity index (χ0v) is 12.5. The molecule has 1 heterocycles. The molecule has 1 aliphatic heterocycles. The Balaban J connectivity index is 2.49. The zero-order valence-electron chi connectivity index (χ0n) is 10.9. The Morgan fingerprint density at radius 1 is 1.38 bits per heavy atom. The highest BCUT2D eigenvalue weighted by Gasteiger charge is 2.38. The zero-order chi connectivity index (χ0) is 15.8. The highest BCUT2D eigenvalue weighted by atomic mass is 35.5. The highest BCUT2D eigenvalue weighted by molar-refractivity contribution is 7.89. The first-order chi connectivity index (χ1) is 9.67. The second-order valence-electron chi connectivity index (χ2n) is 4.79. The van der Waals surface area contributed by atoms with Crippen molar-refractivity contribution in [2.75, 3.05) is 13.1 Å². The van der Waals surface area contributed by atoms with Gasteiger partial charge in [-0.15, -0.1) is 0 Å². The molecular formula is C12H14ClF3N2O2S. The minimum atomic E-state index is -4.63. The van der Waals surface area contributed by atoms with E-state index >= 15 is 0 Å². The van der Waals surface area contributed by atoms with Gasteiger partial charge in [-0.3, -0.25) is 0 Å². The van der Waals surface area contributed by atoms with Crippen LogP contribution in [0.3, 0.4) is 0 Å². The van der Waals surface area contributed by atoms with Gasteiger partial charge in [0.15, 0.2) is 0 Å². The average Bonchev–Trinajstić information content (AvgIpc) is 2.86. The van der Waals surface area contributed by atoms with E-state index in [1.54, 1.807) is 0 Å². The van der Waals surface area contributed by atoms with Crippen LogP contribution < -0.4 is 5.73 Å². The molecule has 1 fully saturated rings. The molecule has 2 rings (SSSR count). The van der Waals surface area contributed by atoms with Gasteiger partial charge in [0.1, 0.15) is 4.90 Å². The SMILES string of the molecule is NCC1CCCN1S(=O)(=O)c1cc(C(F)(F)F)ccc1Cl. The van der Waals surface area contributed by atoms with Crippen molar-refractivity contribution in [1.82, 2.24) is 4.31 Å². The van der Waals surface area contributed by atoms with Crippen LogP contribution in [-0.2, 0) is 16.2 Å². The maximum atomic E-state index is 12.7. The third-order valence-electron chi connectivity index (χ3n) is 3.44. The lowest BCUT2D eigenvalue weighted by atomic mass is 10.2. The van der Waals surface area contributed by atoms with Crippen molar-refractivity contribution in [3.8, 4) is 0 Å². The third-order valence-corrected chi connectivity index (χ3v) is 5.87. The number of hydrogen-bond acceptors (Lipinski definition) is 3. The molecule has 2 N–H and O–H groups in total. The monoisotopic (exact) mass is 342 g/mol. The summed E-state index contributed by atoms with van der Waals surface area (Å²) in [6.45, 7) is 0.354. The second-order valence-corrected chi connectivity index (χ2v) is 7.06. The molecule has 118 valence electrons. The number of nitrogens with two attached hydrogens (primary N) is 1. The molecule has 21 heavy (non-hydrogen) atoms. The molecule has 0 radical (unpaired) electrons. The van der Waals surface area contributed by atoms with Gasteiger partial charge in [-0.05, 0) is 31.0 Å². The number of nitrogens with zero attached hydrogens (tertiary/aromatic N) is 1. The molecule has 1 unspecified atom stereocenters. The molecule has 0 spiro atoms. The fourth-order valence-corrected chi connectivity index (χ4v) is 4.57. The Morgan fingerprint density at radius 3 is 2.62 bits per heavy atom. The van der Waals surface area contributed by atoms with Gasteiger partial charge in [-0.2, -0.15) is 17.5 Å². The van der Waals surface area contributed by atoms with Gasteiger partial charge in [0.05, 0.1) is 10.6 Å². The molecule has 9 heteroatoms. The molecule has 4 nitrogen and oxygen atoms in total. The molecule has 1 aliphatic rings. The summed E-state index contributed by atoms with van der Waals surface area (Å²) in [6, 6.07) is 1.88. The van der Waals surface area contributed by atoms with E-state index in [0.717, 1.165) is 16.4 Å². The van der Waals surface area contributed by atoms with Crippen LogP contribution in [-0.4, -0.2) is 31.9 Å². The molecule has 0 aromatic heterocycles. The minimum Gasteiger partial charge on any atom is -0.329 e. The van der Waals surface area contributed by atoms with Crippen LogP contribution in [0.1, 0.15) is 18.4 Å². The number of halogens is 4.